The standard InChI is InChI=1S/C8H12N2O3/c1-6-9-8(13-10-6)12-5-7-2-3-11-4-7/h7H,2-5H2,1H3. The predicted octanol–water partition coefficient (Wildman–Crippen LogP) is 0.793. The van der Waals surface area contributed by atoms with Gasteiger partial charge in [-0.15, -0.1) is 0 Å². The van der Waals surface area contributed by atoms with E-state index in [2.05, 4.69) is 10.1 Å². The SMILES string of the molecule is Cc1noc(OCC2CCOC2)n1. The zero-order chi connectivity index (χ0) is 9.10. The van der Waals surface area contributed by atoms with Crippen molar-refractivity contribution >= 4 is 0 Å². The van der Waals surface area contributed by atoms with E-state index in [-0.39, 0.29) is 6.08 Å². The molecule has 0 saturated carbocycles. The summed E-state index contributed by atoms with van der Waals surface area (Å²) in [4.78, 5) is 3.93. The first kappa shape index (κ1) is 8.50. The molecule has 0 bridgehead atoms. The van der Waals surface area contributed by atoms with Crippen LogP contribution in [-0.2, 0) is 4.74 Å². The van der Waals surface area contributed by atoms with Gasteiger partial charge in [0.05, 0.1) is 13.2 Å². The molecular formula is C8H12N2O3. The van der Waals surface area contributed by atoms with Crippen LogP contribution in [0.25, 0.3) is 0 Å². The summed E-state index contributed by atoms with van der Waals surface area (Å²) in [5.41, 5.74) is 0. The second kappa shape index (κ2) is 3.74. The van der Waals surface area contributed by atoms with Crippen molar-refractivity contribution in [2.75, 3.05) is 19.8 Å². The maximum absolute atomic E-state index is 5.29. The van der Waals surface area contributed by atoms with E-state index in [0.717, 1.165) is 19.6 Å². The summed E-state index contributed by atoms with van der Waals surface area (Å²) in [6.07, 6.45) is 1.30. The van der Waals surface area contributed by atoms with Crippen LogP contribution in [0, 0.1) is 12.8 Å². The predicted molar refractivity (Wildman–Crippen MR) is 43.5 cm³/mol. The normalized spacial score (nSPS) is 22.1. The van der Waals surface area contributed by atoms with Gasteiger partial charge in [-0.25, -0.2) is 0 Å². The average Bonchev–Trinajstić information content (AvgIpc) is 2.71. The minimum atomic E-state index is 0.254. The lowest BCUT2D eigenvalue weighted by Gasteiger charge is -2.05. The Labute approximate surface area is 76.0 Å². The van der Waals surface area contributed by atoms with Crippen molar-refractivity contribution in [3.8, 4) is 6.08 Å². The fraction of sp³-hybridized carbons (Fsp3) is 0.750. The molecule has 0 aromatic carbocycles. The lowest BCUT2D eigenvalue weighted by atomic mass is 10.1. The monoisotopic (exact) mass is 184 g/mol. The van der Waals surface area contributed by atoms with Crippen LogP contribution >= 0.6 is 0 Å². The summed E-state index contributed by atoms with van der Waals surface area (Å²) in [6, 6.07) is 0. The quantitative estimate of drug-likeness (QED) is 0.695. The minimum Gasteiger partial charge on any atom is -0.448 e. The molecule has 1 atom stereocenters. The van der Waals surface area contributed by atoms with Crippen molar-refractivity contribution in [1.82, 2.24) is 10.1 Å². The van der Waals surface area contributed by atoms with Crippen molar-refractivity contribution < 1.29 is 14.0 Å². The van der Waals surface area contributed by atoms with Gasteiger partial charge in [-0.1, -0.05) is 5.16 Å². The van der Waals surface area contributed by atoms with Crippen molar-refractivity contribution in [2.45, 2.75) is 13.3 Å². The molecule has 1 aliphatic rings. The van der Waals surface area contributed by atoms with Gasteiger partial charge < -0.3 is 9.47 Å². The van der Waals surface area contributed by atoms with Gasteiger partial charge in [-0.05, 0) is 13.3 Å². The van der Waals surface area contributed by atoms with Gasteiger partial charge in [-0.2, -0.15) is 4.98 Å². The van der Waals surface area contributed by atoms with Gasteiger partial charge in [0.25, 0.3) is 0 Å². The molecule has 5 nitrogen and oxygen atoms in total. The zero-order valence-corrected chi connectivity index (χ0v) is 7.52. The molecule has 0 aliphatic carbocycles. The Balaban J connectivity index is 1.78. The molecule has 0 spiro atoms. The van der Waals surface area contributed by atoms with Gasteiger partial charge in [0, 0.05) is 12.5 Å². The number of aryl methyl sites for hydroxylation is 1. The van der Waals surface area contributed by atoms with E-state index in [1.807, 2.05) is 0 Å². The molecule has 0 radical (unpaired) electrons. The van der Waals surface area contributed by atoms with E-state index in [4.69, 9.17) is 14.0 Å². The maximum atomic E-state index is 5.29. The molecule has 0 N–H and O–H groups in total. The van der Waals surface area contributed by atoms with Crippen LogP contribution in [-0.4, -0.2) is 30.0 Å². The van der Waals surface area contributed by atoms with Crippen molar-refractivity contribution in [1.29, 1.82) is 0 Å². The smallest absolute Gasteiger partial charge is 0.417 e. The molecule has 2 heterocycles. The van der Waals surface area contributed by atoms with Gasteiger partial charge >= 0.3 is 6.08 Å². The fourth-order valence-electron chi connectivity index (χ4n) is 1.24. The second-order valence-corrected chi connectivity index (χ2v) is 3.15. The lowest BCUT2D eigenvalue weighted by molar-refractivity contribution is 0.144. The largest absolute Gasteiger partial charge is 0.448 e. The van der Waals surface area contributed by atoms with E-state index in [1.165, 1.54) is 0 Å². The number of rotatable bonds is 3. The van der Waals surface area contributed by atoms with E-state index >= 15 is 0 Å². The first-order chi connectivity index (χ1) is 6.34. The van der Waals surface area contributed by atoms with E-state index in [9.17, 15) is 0 Å². The summed E-state index contributed by atoms with van der Waals surface area (Å²) in [6.45, 7) is 3.96. The molecule has 2 rings (SSSR count). The molecule has 72 valence electrons. The Kier molecular flexibility index (Phi) is 2.44. The van der Waals surface area contributed by atoms with Crippen LogP contribution in [0.3, 0.4) is 0 Å². The molecule has 1 saturated heterocycles. The van der Waals surface area contributed by atoms with Crippen LogP contribution in [0.15, 0.2) is 4.52 Å². The Morgan fingerprint density at radius 1 is 1.62 bits per heavy atom. The molecule has 5 heteroatoms. The first-order valence-electron chi connectivity index (χ1n) is 4.35. The van der Waals surface area contributed by atoms with Crippen LogP contribution in [0.4, 0.5) is 0 Å². The Morgan fingerprint density at radius 3 is 3.15 bits per heavy atom. The summed E-state index contributed by atoms with van der Waals surface area (Å²) in [5.74, 6) is 1.06. The van der Waals surface area contributed by atoms with Crippen molar-refractivity contribution in [2.24, 2.45) is 5.92 Å². The van der Waals surface area contributed by atoms with E-state index in [0.29, 0.717) is 18.3 Å². The third-order valence-corrected chi connectivity index (χ3v) is 1.98. The zero-order valence-electron chi connectivity index (χ0n) is 7.52. The number of hydrogen-bond donors (Lipinski definition) is 0. The maximum Gasteiger partial charge on any atom is 0.417 e. The highest BCUT2D eigenvalue weighted by Crippen LogP contribution is 2.14. The topological polar surface area (TPSA) is 57.4 Å². The molecule has 13 heavy (non-hydrogen) atoms. The van der Waals surface area contributed by atoms with Gasteiger partial charge in [-0.3, -0.25) is 4.52 Å². The third kappa shape index (κ3) is 2.18. The van der Waals surface area contributed by atoms with Crippen LogP contribution in [0.5, 0.6) is 6.08 Å². The van der Waals surface area contributed by atoms with E-state index in [1.54, 1.807) is 6.92 Å². The number of hydrogen-bond acceptors (Lipinski definition) is 5. The first-order valence-corrected chi connectivity index (χ1v) is 4.35. The summed E-state index contributed by atoms with van der Waals surface area (Å²) in [5, 5.41) is 3.62. The highest BCUT2D eigenvalue weighted by molar-refractivity contribution is 4.87. The van der Waals surface area contributed by atoms with Gasteiger partial charge in [0.1, 0.15) is 0 Å². The third-order valence-electron chi connectivity index (χ3n) is 1.98. The number of nitrogens with zero attached hydrogens (tertiary/aromatic N) is 2. The Hall–Kier alpha value is -1.10. The van der Waals surface area contributed by atoms with Gasteiger partial charge in [0.2, 0.25) is 0 Å². The van der Waals surface area contributed by atoms with Gasteiger partial charge in [0.15, 0.2) is 5.82 Å². The molecule has 1 aliphatic heterocycles. The number of aromatic nitrogens is 2. The molecule has 0 amide bonds. The molecule has 1 fully saturated rings. The summed E-state index contributed by atoms with van der Waals surface area (Å²) < 4.78 is 15.3. The molecular weight excluding hydrogens is 172 g/mol. The van der Waals surface area contributed by atoms with Crippen LogP contribution in [0.2, 0.25) is 0 Å². The highest BCUT2D eigenvalue weighted by atomic mass is 16.6. The molecule has 1 aromatic rings. The minimum absolute atomic E-state index is 0.254. The summed E-state index contributed by atoms with van der Waals surface area (Å²) in [7, 11) is 0. The van der Waals surface area contributed by atoms with Crippen molar-refractivity contribution in [3.05, 3.63) is 5.82 Å². The van der Waals surface area contributed by atoms with Crippen molar-refractivity contribution in [3.63, 3.8) is 0 Å². The van der Waals surface area contributed by atoms with Crippen LogP contribution in [0.1, 0.15) is 12.2 Å². The second-order valence-electron chi connectivity index (χ2n) is 3.15. The fourth-order valence-corrected chi connectivity index (χ4v) is 1.24. The molecule has 1 unspecified atom stereocenters. The Bertz CT molecular complexity index is 268. The average molecular weight is 184 g/mol. The summed E-state index contributed by atoms with van der Waals surface area (Å²) >= 11 is 0. The van der Waals surface area contributed by atoms with E-state index < -0.39 is 0 Å². The lowest BCUT2D eigenvalue weighted by Crippen LogP contribution is -2.11. The molecule has 1 aromatic heterocycles. The highest BCUT2D eigenvalue weighted by Gasteiger charge is 2.17. The number of ether oxygens (including phenoxy) is 2. The Morgan fingerprint density at radius 2 is 2.54 bits per heavy atom. The van der Waals surface area contributed by atoms with Crippen LogP contribution < -0.4 is 4.74 Å².